The van der Waals surface area contributed by atoms with Gasteiger partial charge in [-0.15, -0.1) is 11.3 Å². The number of carbonyl (C=O) groups is 1. The highest BCUT2D eigenvalue weighted by Gasteiger charge is 2.03. The molecule has 2 nitrogen and oxygen atoms in total. The molecule has 1 N–H and O–H groups in total. The summed E-state index contributed by atoms with van der Waals surface area (Å²) in [6.07, 6.45) is 2.46. The van der Waals surface area contributed by atoms with Crippen LogP contribution < -0.4 is 5.32 Å². The molecule has 18 heavy (non-hydrogen) atoms. The van der Waals surface area contributed by atoms with Crippen LogP contribution in [0.5, 0.6) is 0 Å². The second-order valence-corrected chi connectivity index (χ2v) is 6.27. The zero-order valence-electron chi connectivity index (χ0n) is 9.86. The molecule has 1 amide bonds. The van der Waals surface area contributed by atoms with E-state index >= 15 is 0 Å². The van der Waals surface area contributed by atoms with E-state index in [9.17, 15) is 4.79 Å². The second kappa shape index (κ2) is 6.89. The molecule has 0 aliphatic heterocycles. The van der Waals surface area contributed by atoms with Gasteiger partial charge in [-0.1, -0.05) is 6.07 Å². The van der Waals surface area contributed by atoms with E-state index in [0.717, 1.165) is 18.5 Å². The maximum atomic E-state index is 11.7. The van der Waals surface area contributed by atoms with Crippen molar-refractivity contribution in [3.63, 3.8) is 0 Å². The number of carbonyl (C=O) groups excluding carboxylic acids is 1. The summed E-state index contributed by atoms with van der Waals surface area (Å²) in [5, 5.41) is 4.98. The van der Waals surface area contributed by atoms with E-state index in [0.29, 0.717) is 6.42 Å². The quantitative estimate of drug-likeness (QED) is 0.780. The Labute approximate surface area is 125 Å². The minimum atomic E-state index is 0.0905. The highest BCUT2D eigenvalue weighted by molar-refractivity contribution is 14.1. The van der Waals surface area contributed by atoms with E-state index in [2.05, 4.69) is 39.4 Å². The molecule has 0 unspecified atom stereocenters. The highest BCUT2D eigenvalue weighted by Crippen LogP contribution is 2.14. The fourth-order valence-corrected chi connectivity index (χ4v) is 2.75. The molecule has 0 fully saturated rings. The molecule has 0 aliphatic rings. The molecule has 0 atom stereocenters. The summed E-state index contributed by atoms with van der Waals surface area (Å²) in [4.78, 5) is 13.1. The largest absolute Gasteiger partial charge is 0.326 e. The lowest BCUT2D eigenvalue weighted by Crippen LogP contribution is -2.11. The van der Waals surface area contributed by atoms with Gasteiger partial charge in [0, 0.05) is 20.6 Å². The third kappa shape index (κ3) is 4.42. The van der Waals surface area contributed by atoms with E-state index in [1.165, 1.54) is 8.45 Å². The fourth-order valence-electron chi connectivity index (χ4n) is 1.63. The molecule has 0 saturated heterocycles. The summed E-state index contributed by atoms with van der Waals surface area (Å²) in [6.45, 7) is 0. The van der Waals surface area contributed by atoms with E-state index in [1.54, 1.807) is 11.3 Å². The van der Waals surface area contributed by atoms with Gasteiger partial charge in [-0.2, -0.15) is 0 Å². The minimum absolute atomic E-state index is 0.0905. The summed E-state index contributed by atoms with van der Waals surface area (Å²) >= 11 is 3.99. The molecule has 1 heterocycles. The molecule has 94 valence electrons. The molecule has 2 rings (SSSR count). The van der Waals surface area contributed by atoms with Crippen LogP contribution in [0, 0.1) is 3.57 Å². The number of nitrogens with one attached hydrogen (secondary N) is 1. The number of hydrogen-bond acceptors (Lipinski definition) is 2. The summed E-state index contributed by atoms with van der Waals surface area (Å²) < 4.78 is 1.17. The summed E-state index contributed by atoms with van der Waals surface area (Å²) in [5.74, 6) is 0.0905. The standard InChI is InChI=1S/C14H14INOS/c15-11-6-8-12(9-7-11)16-14(17)5-1-3-13-4-2-10-18-13/h2,4,6-10H,1,3,5H2,(H,16,17). The average Bonchev–Trinajstić information content (AvgIpc) is 2.85. The van der Waals surface area contributed by atoms with Gasteiger partial charge in [-0.25, -0.2) is 0 Å². The van der Waals surface area contributed by atoms with Crippen molar-refractivity contribution in [2.75, 3.05) is 5.32 Å². The normalized spacial score (nSPS) is 10.3. The van der Waals surface area contributed by atoms with Gasteiger partial charge in [0.2, 0.25) is 5.91 Å². The van der Waals surface area contributed by atoms with Crippen LogP contribution >= 0.6 is 33.9 Å². The van der Waals surface area contributed by atoms with Gasteiger partial charge in [0.15, 0.2) is 0 Å². The van der Waals surface area contributed by atoms with E-state index in [1.807, 2.05) is 30.3 Å². The Hall–Kier alpha value is -0.880. The highest BCUT2D eigenvalue weighted by atomic mass is 127. The van der Waals surface area contributed by atoms with Crippen molar-refractivity contribution in [2.45, 2.75) is 19.3 Å². The van der Waals surface area contributed by atoms with E-state index in [-0.39, 0.29) is 5.91 Å². The van der Waals surface area contributed by atoms with Crippen LogP contribution in [0.1, 0.15) is 17.7 Å². The summed E-state index contributed by atoms with van der Waals surface area (Å²) in [6, 6.07) is 12.0. The third-order valence-electron chi connectivity index (χ3n) is 2.54. The molecule has 0 aliphatic carbocycles. The van der Waals surface area contributed by atoms with Crippen molar-refractivity contribution < 1.29 is 4.79 Å². The van der Waals surface area contributed by atoms with Gasteiger partial charge in [-0.05, 0) is 71.1 Å². The first-order valence-electron chi connectivity index (χ1n) is 5.82. The molecular weight excluding hydrogens is 357 g/mol. The second-order valence-electron chi connectivity index (χ2n) is 3.99. The van der Waals surface area contributed by atoms with E-state index in [4.69, 9.17) is 0 Å². The maximum absolute atomic E-state index is 11.7. The Kier molecular flexibility index (Phi) is 5.19. The Morgan fingerprint density at radius 2 is 2.00 bits per heavy atom. The van der Waals surface area contributed by atoms with Crippen LogP contribution in [-0.2, 0) is 11.2 Å². The SMILES string of the molecule is O=C(CCCc1cccs1)Nc1ccc(I)cc1. The number of hydrogen-bond donors (Lipinski definition) is 1. The zero-order valence-corrected chi connectivity index (χ0v) is 12.8. The number of thiophene rings is 1. The Balaban J connectivity index is 1.73. The molecular formula is C14H14INOS. The molecule has 2 aromatic rings. The summed E-state index contributed by atoms with van der Waals surface area (Å²) in [7, 11) is 0. The molecule has 4 heteroatoms. The first-order chi connectivity index (χ1) is 8.74. The van der Waals surface area contributed by atoms with Crippen LogP contribution in [0.15, 0.2) is 41.8 Å². The van der Waals surface area contributed by atoms with Crippen LogP contribution in [0.3, 0.4) is 0 Å². The monoisotopic (exact) mass is 371 g/mol. The molecule has 0 bridgehead atoms. The molecule has 1 aromatic heterocycles. The van der Waals surface area contributed by atoms with Crippen molar-refractivity contribution in [2.24, 2.45) is 0 Å². The van der Waals surface area contributed by atoms with Crippen molar-refractivity contribution in [3.8, 4) is 0 Å². The smallest absolute Gasteiger partial charge is 0.224 e. The predicted octanol–water partition coefficient (Wildman–Crippen LogP) is 4.31. The molecule has 0 radical (unpaired) electrons. The Bertz CT molecular complexity index is 493. The van der Waals surface area contributed by atoms with Crippen LogP contribution in [0.25, 0.3) is 0 Å². The van der Waals surface area contributed by atoms with Crippen molar-refractivity contribution >= 4 is 45.5 Å². The van der Waals surface area contributed by atoms with Gasteiger partial charge >= 0.3 is 0 Å². The third-order valence-corrected chi connectivity index (χ3v) is 4.19. The number of anilines is 1. The van der Waals surface area contributed by atoms with Gasteiger partial charge in [0.1, 0.15) is 0 Å². The fraction of sp³-hybridized carbons (Fsp3) is 0.214. The number of amides is 1. The first-order valence-corrected chi connectivity index (χ1v) is 7.78. The molecule has 1 aromatic carbocycles. The number of aryl methyl sites for hydroxylation is 1. The Morgan fingerprint density at radius 1 is 1.22 bits per heavy atom. The van der Waals surface area contributed by atoms with Crippen molar-refractivity contribution in [1.29, 1.82) is 0 Å². The molecule has 0 saturated carbocycles. The maximum Gasteiger partial charge on any atom is 0.224 e. The average molecular weight is 371 g/mol. The first kappa shape index (κ1) is 13.5. The zero-order chi connectivity index (χ0) is 12.8. The van der Waals surface area contributed by atoms with Crippen LogP contribution in [0.4, 0.5) is 5.69 Å². The van der Waals surface area contributed by atoms with Gasteiger partial charge in [0.25, 0.3) is 0 Å². The topological polar surface area (TPSA) is 29.1 Å². The lowest BCUT2D eigenvalue weighted by Gasteiger charge is -2.04. The molecule has 0 spiro atoms. The lowest BCUT2D eigenvalue weighted by atomic mass is 10.2. The minimum Gasteiger partial charge on any atom is -0.326 e. The van der Waals surface area contributed by atoms with E-state index < -0.39 is 0 Å². The van der Waals surface area contributed by atoms with Gasteiger partial charge in [0.05, 0.1) is 0 Å². The number of benzene rings is 1. The van der Waals surface area contributed by atoms with Crippen molar-refractivity contribution in [1.82, 2.24) is 0 Å². The van der Waals surface area contributed by atoms with Crippen LogP contribution in [0.2, 0.25) is 0 Å². The predicted molar refractivity (Wildman–Crippen MR) is 85.0 cm³/mol. The van der Waals surface area contributed by atoms with Gasteiger partial charge < -0.3 is 5.32 Å². The Morgan fingerprint density at radius 3 is 2.67 bits per heavy atom. The van der Waals surface area contributed by atoms with Gasteiger partial charge in [-0.3, -0.25) is 4.79 Å². The van der Waals surface area contributed by atoms with Crippen LogP contribution in [-0.4, -0.2) is 5.91 Å². The lowest BCUT2D eigenvalue weighted by molar-refractivity contribution is -0.116. The van der Waals surface area contributed by atoms with Crippen molar-refractivity contribution in [3.05, 3.63) is 50.2 Å². The number of halogens is 1. The summed E-state index contributed by atoms with van der Waals surface area (Å²) in [5.41, 5.74) is 0.872. The number of rotatable bonds is 5.